The fourth-order valence-corrected chi connectivity index (χ4v) is 5.36. The maximum Gasteiger partial charge on any atom is 0.307 e. The predicted octanol–water partition coefficient (Wildman–Crippen LogP) is 6.36. The number of thiazole rings is 1. The second-order valence-corrected chi connectivity index (χ2v) is 10.3. The first kappa shape index (κ1) is 27.2. The Morgan fingerprint density at radius 2 is 1.80 bits per heavy atom. The number of H-pyrrole nitrogens is 1. The molecule has 5 rings (SSSR count). The van der Waals surface area contributed by atoms with E-state index in [1.165, 1.54) is 12.1 Å². The fourth-order valence-electron chi connectivity index (χ4n) is 4.40. The Bertz CT molecular complexity index is 1840. The van der Waals surface area contributed by atoms with E-state index in [-0.39, 0.29) is 41.0 Å². The van der Waals surface area contributed by atoms with Gasteiger partial charge in [0.25, 0.3) is 0 Å². The van der Waals surface area contributed by atoms with Crippen LogP contribution >= 0.6 is 22.9 Å². The molecule has 3 aromatic carbocycles. The van der Waals surface area contributed by atoms with Crippen molar-refractivity contribution in [3.8, 4) is 28.6 Å². The quantitative estimate of drug-likeness (QED) is 0.198. The highest BCUT2D eigenvalue weighted by Crippen LogP contribution is 2.34. The molecule has 0 unspecified atom stereocenters. The molecule has 5 aromatic rings. The minimum atomic E-state index is -0.381. The van der Waals surface area contributed by atoms with Crippen molar-refractivity contribution >= 4 is 39.4 Å². The molecule has 0 atom stereocenters. The summed E-state index contributed by atoms with van der Waals surface area (Å²) in [6, 6.07) is 18.3. The predicted molar refractivity (Wildman–Crippen MR) is 156 cm³/mol. The molecule has 2 aromatic heterocycles. The number of hydrogen-bond donors (Lipinski definition) is 2. The third kappa shape index (κ3) is 5.38. The van der Waals surface area contributed by atoms with E-state index in [4.69, 9.17) is 21.1 Å². The minimum absolute atomic E-state index is 0.184. The summed E-state index contributed by atoms with van der Waals surface area (Å²) in [4.78, 5) is 27.2. The van der Waals surface area contributed by atoms with E-state index >= 15 is 0 Å². The molecular formula is C30H24ClFN2O5S. The number of hydrogen-bond acceptors (Lipinski definition) is 6. The van der Waals surface area contributed by atoms with E-state index in [9.17, 15) is 19.1 Å². The van der Waals surface area contributed by atoms with Crippen LogP contribution in [0.3, 0.4) is 0 Å². The van der Waals surface area contributed by atoms with E-state index in [1.54, 1.807) is 42.5 Å². The van der Waals surface area contributed by atoms with Gasteiger partial charge in [0.05, 0.1) is 34.3 Å². The van der Waals surface area contributed by atoms with E-state index in [0.29, 0.717) is 49.9 Å². The highest BCUT2D eigenvalue weighted by atomic mass is 35.5. The molecule has 10 heteroatoms. The lowest BCUT2D eigenvalue weighted by atomic mass is 10.1. The third-order valence-electron chi connectivity index (χ3n) is 6.36. The molecule has 2 heterocycles. The lowest BCUT2D eigenvalue weighted by molar-refractivity contribution is 0.246. The first-order valence-electron chi connectivity index (χ1n) is 12.3. The molecule has 204 valence electrons. The van der Waals surface area contributed by atoms with Gasteiger partial charge < -0.3 is 19.1 Å². The van der Waals surface area contributed by atoms with E-state index in [1.807, 2.05) is 23.7 Å². The van der Waals surface area contributed by atoms with Crippen LogP contribution in [0.25, 0.3) is 27.7 Å². The maximum absolute atomic E-state index is 13.6. The number of para-hydroxylation sites is 1. The Balaban J connectivity index is 1.29. The Labute approximate surface area is 237 Å². The van der Waals surface area contributed by atoms with Crippen LogP contribution in [0.1, 0.15) is 16.9 Å². The van der Waals surface area contributed by atoms with Gasteiger partial charge in [-0.3, -0.25) is 14.6 Å². The first-order valence-corrected chi connectivity index (χ1v) is 13.5. The highest BCUT2D eigenvalue weighted by molar-refractivity contribution is 7.10. The molecule has 7 nitrogen and oxygen atoms in total. The number of aromatic amines is 1. The van der Waals surface area contributed by atoms with Crippen molar-refractivity contribution < 1.29 is 19.0 Å². The van der Waals surface area contributed by atoms with Gasteiger partial charge in [-0.25, -0.2) is 4.39 Å². The summed E-state index contributed by atoms with van der Waals surface area (Å²) in [6.07, 6.45) is 0.453. The van der Waals surface area contributed by atoms with E-state index in [0.717, 1.165) is 16.9 Å². The van der Waals surface area contributed by atoms with E-state index in [2.05, 4.69) is 11.6 Å². The van der Waals surface area contributed by atoms with Gasteiger partial charge in [-0.1, -0.05) is 47.7 Å². The van der Waals surface area contributed by atoms with Crippen LogP contribution in [-0.2, 0) is 7.05 Å². The number of benzene rings is 3. The van der Waals surface area contributed by atoms with Crippen LogP contribution in [0.15, 0.2) is 82.9 Å². The zero-order valence-electron chi connectivity index (χ0n) is 21.4. The lowest BCUT2D eigenvalue weighted by Gasteiger charge is -2.18. The average molecular weight is 579 g/mol. The average Bonchev–Trinajstić information content (AvgIpc) is 3.29. The summed E-state index contributed by atoms with van der Waals surface area (Å²) in [6.45, 7) is 4.41. The lowest BCUT2D eigenvalue weighted by Crippen LogP contribution is -2.17. The van der Waals surface area contributed by atoms with Crippen LogP contribution in [-0.4, -0.2) is 27.9 Å². The van der Waals surface area contributed by atoms with Crippen molar-refractivity contribution in [2.45, 2.75) is 6.42 Å². The van der Waals surface area contributed by atoms with Crippen molar-refractivity contribution in [3.05, 3.63) is 114 Å². The van der Waals surface area contributed by atoms with Gasteiger partial charge in [-0.15, -0.1) is 0 Å². The summed E-state index contributed by atoms with van der Waals surface area (Å²) in [5, 5.41) is 10.8. The number of aromatic hydroxyl groups is 1. The van der Waals surface area contributed by atoms with Crippen molar-refractivity contribution in [2.24, 2.45) is 7.05 Å². The molecule has 40 heavy (non-hydrogen) atoms. The number of halogens is 2. The summed E-state index contributed by atoms with van der Waals surface area (Å²) in [7, 11) is 1.84. The van der Waals surface area contributed by atoms with Crippen LogP contribution < -0.4 is 19.8 Å². The summed E-state index contributed by atoms with van der Waals surface area (Å²) in [5.41, 5.74) is 2.80. The largest absolute Gasteiger partial charge is 0.493 e. The SMILES string of the molecule is C=C(c1ccc(OCCCOc2c(-c3ccc(F)cc3)n(C)c3ccccc3c2=O)c(Cl)c1)c1sc(=O)[nH]c1O. The molecule has 0 radical (unpaired) electrons. The smallest absolute Gasteiger partial charge is 0.307 e. The van der Waals surface area contributed by atoms with Crippen LogP contribution in [0.2, 0.25) is 5.02 Å². The molecule has 0 saturated carbocycles. The van der Waals surface area contributed by atoms with Gasteiger partial charge in [-0.05, 0) is 59.7 Å². The summed E-state index contributed by atoms with van der Waals surface area (Å²) in [5.74, 6) is 0.0209. The Kier molecular flexibility index (Phi) is 7.77. The fraction of sp³-hybridized carbons (Fsp3) is 0.133. The van der Waals surface area contributed by atoms with Crippen molar-refractivity contribution in [1.82, 2.24) is 9.55 Å². The number of aryl methyl sites for hydroxylation is 1. The molecule has 0 spiro atoms. The Morgan fingerprint density at radius 3 is 2.50 bits per heavy atom. The van der Waals surface area contributed by atoms with Gasteiger partial charge in [0, 0.05) is 24.4 Å². The number of nitrogens with zero attached hydrogens (tertiary/aromatic N) is 1. The zero-order chi connectivity index (χ0) is 28.4. The summed E-state index contributed by atoms with van der Waals surface area (Å²) >= 11 is 7.27. The van der Waals surface area contributed by atoms with Crippen LogP contribution in [0.4, 0.5) is 4.39 Å². The molecule has 0 fully saturated rings. The van der Waals surface area contributed by atoms with E-state index < -0.39 is 0 Å². The minimum Gasteiger partial charge on any atom is -0.493 e. The number of ether oxygens (including phenoxy) is 2. The van der Waals surface area contributed by atoms with Gasteiger partial charge in [-0.2, -0.15) is 0 Å². The molecule has 0 aliphatic carbocycles. The number of nitrogens with one attached hydrogen (secondary N) is 1. The number of rotatable bonds is 9. The van der Waals surface area contributed by atoms with Crippen molar-refractivity contribution in [3.63, 3.8) is 0 Å². The number of pyridine rings is 1. The second-order valence-electron chi connectivity index (χ2n) is 8.96. The van der Waals surface area contributed by atoms with Crippen molar-refractivity contribution in [2.75, 3.05) is 13.2 Å². The first-order chi connectivity index (χ1) is 19.2. The normalized spacial score (nSPS) is 11.1. The molecule has 0 saturated heterocycles. The number of fused-ring (bicyclic) bond motifs is 1. The Morgan fingerprint density at radius 1 is 1.07 bits per heavy atom. The zero-order valence-corrected chi connectivity index (χ0v) is 22.9. The van der Waals surface area contributed by atoms with Gasteiger partial charge in [0.15, 0.2) is 5.75 Å². The summed E-state index contributed by atoms with van der Waals surface area (Å²) < 4.78 is 27.3. The second kappa shape index (κ2) is 11.4. The van der Waals surface area contributed by atoms with Gasteiger partial charge >= 0.3 is 4.87 Å². The molecule has 0 aliphatic rings. The molecule has 0 bridgehead atoms. The monoisotopic (exact) mass is 578 g/mol. The molecule has 0 aliphatic heterocycles. The highest BCUT2D eigenvalue weighted by Gasteiger charge is 2.18. The van der Waals surface area contributed by atoms with Gasteiger partial charge in [0.2, 0.25) is 11.3 Å². The topological polar surface area (TPSA) is 93.5 Å². The van der Waals surface area contributed by atoms with Crippen molar-refractivity contribution in [1.29, 1.82) is 0 Å². The Hall–Kier alpha value is -4.34. The number of aromatic nitrogens is 2. The molecular weight excluding hydrogens is 555 g/mol. The third-order valence-corrected chi connectivity index (χ3v) is 7.59. The maximum atomic E-state index is 13.6. The van der Waals surface area contributed by atoms with Gasteiger partial charge in [0.1, 0.15) is 11.6 Å². The van der Waals surface area contributed by atoms with Crippen LogP contribution in [0, 0.1) is 5.82 Å². The van der Waals surface area contributed by atoms with Crippen LogP contribution in [0.5, 0.6) is 17.4 Å². The molecule has 0 amide bonds. The standard InChI is InChI=1S/C30H24ClFN2O5S/c1-17(28-29(36)33-30(37)40-28)19-10-13-24(22(31)16-19)38-14-5-15-39-27-25(18-8-11-20(32)12-9-18)34(2)23-7-4-3-6-21(23)26(27)35/h3-4,6-13,16,36H,1,5,14-15H2,2H3,(H,33,37). The molecule has 2 N–H and O–H groups in total.